The van der Waals surface area contributed by atoms with Crippen LogP contribution in [0.5, 0.6) is 5.75 Å². The van der Waals surface area contributed by atoms with E-state index in [0.29, 0.717) is 42.6 Å². The molecule has 1 saturated heterocycles. The maximum Gasteiger partial charge on any atom is 0.279 e. The molecule has 8 heteroatoms. The summed E-state index contributed by atoms with van der Waals surface area (Å²) in [7, 11) is 0. The number of benzene rings is 3. The number of para-hydroxylation sites is 2. The van der Waals surface area contributed by atoms with Crippen molar-refractivity contribution in [3.63, 3.8) is 0 Å². The molecule has 0 atom stereocenters. The van der Waals surface area contributed by atoms with E-state index in [2.05, 4.69) is 5.10 Å². The van der Waals surface area contributed by atoms with Crippen LogP contribution in [0.25, 0.3) is 16.5 Å². The van der Waals surface area contributed by atoms with Gasteiger partial charge < -0.3 is 14.9 Å². The van der Waals surface area contributed by atoms with Crippen LogP contribution in [0.3, 0.4) is 0 Å². The maximum atomic E-state index is 13.5. The number of carbonyl (C=O) groups is 2. The number of aromatic nitrogens is 2. The number of amides is 2. The molecule has 4 aromatic rings. The number of aromatic hydroxyl groups is 1. The van der Waals surface area contributed by atoms with Crippen LogP contribution in [0, 0.1) is 0 Å². The molecule has 0 unspecified atom stereocenters. The number of hydrogen-bond acceptors (Lipinski definition) is 5. The monoisotopic (exact) mass is 454 g/mol. The number of nitrogens with zero attached hydrogens (tertiary/aromatic N) is 4. The fraction of sp³-hybridized carbons (Fsp3) is 0.154. The molecule has 170 valence electrons. The van der Waals surface area contributed by atoms with Gasteiger partial charge in [-0.15, -0.1) is 0 Å². The topological polar surface area (TPSA) is 95.7 Å². The lowest BCUT2D eigenvalue weighted by atomic mass is 10.1. The van der Waals surface area contributed by atoms with Gasteiger partial charge in [-0.2, -0.15) is 9.78 Å². The highest BCUT2D eigenvalue weighted by atomic mass is 16.3. The molecule has 1 N–H and O–H groups in total. The first kappa shape index (κ1) is 21.4. The lowest BCUT2D eigenvalue weighted by Crippen LogP contribution is -2.51. The molecule has 8 nitrogen and oxygen atoms in total. The minimum Gasteiger partial charge on any atom is -0.507 e. The number of hydrogen-bond donors (Lipinski definition) is 1. The van der Waals surface area contributed by atoms with Gasteiger partial charge in [0.2, 0.25) is 0 Å². The fourth-order valence-electron chi connectivity index (χ4n) is 4.18. The standard InChI is InChI=1S/C26H22N4O4/c31-22-13-7-6-12-21(22)24(32)28-14-16-29(17-15-28)26(34)23-19-10-4-5-11-20(19)25(33)30(27-23)18-8-2-1-3-9-18/h1-13,31H,14-17H2. The van der Waals surface area contributed by atoms with Crippen LogP contribution in [0.4, 0.5) is 0 Å². The molecule has 0 aliphatic carbocycles. The molecule has 5 rings (SSSR count). The van der Waals surface area contributed by atoms with E-state index in [1.165, 1.54) is 10.7 Å². The van der Waals surface area contributed by atoms with Crippen molar-refractivity contribution in [3.8, 4) is 11.4 Å². The Bertz CT molecular complexity index is 1440. The second-order valence-corrected chi connectivity index (χ2v) is 8.05. The molecule has 0 spiro atoms. The van der Waals surface area contributed by atoms with Crippen LogP contribution < -0.4 is 5.56 Å². The molecule has 1 aliphatic rings. The summed E-state index contributed by atoms with van der Waals surface area (Å²) in [6, 6.07) is 22.4. The van der Waals surface area contributed by atoms with Crippen molar-refractivity contribution < 1.29 is 14.7 Å². The number of fused-ring (bicyclic) bond motifs is 1. The third-order valence-corrected chi connectivity index (χ3v) is 6.00. The summed E-state index contributed by atoms with van der Waals surface area (Å²) in [5.41, 5.74) is 0.714. The first-order valence-electron chi connectivity index (χ1n) is 11.0. The van der Waals surface area contributed by atoms with Gasteiger partial charge >= 0.3 is 0 Å². The van der Waals surface area contributed by atoms with Gasteiger partial charge in [-0.05, 0) is 30.3 Å². The minimum absolute atomic E-state index is 0.0650. The van der Waals surface area contributed by atoms with Gasteiger partial charge in [0.1, 0.15) is 5.75 Å². The summed E-state index contributed by atoms with van der Waals surface area (Å²) in [4.78, 5) is 42.6. The van der Waals surface area contributed by atoms with Crippen LogP contribution in [0.1, 0.15) is 20.8 Å². The van der Waals surface area contributed by atoms with Gasteiger partial charge in [-0.3, -0.25) is 14.4 Å². The first-order chi connectivity index (χ1) is 16.5. The Morgan fingerprint density at radius 1 is 0.706 bits per heavy atom. The number of phenols is 1. The van der Waals surface area contributed by atoms with Gasteiger partial charge in [0.15, 0.2) is 5.69 Å². The highest BCUT2D eigenvalue weighted by Crippen LogP contribution is 2.21. The fourth-order valence-corrected chi connectivity index (χ4v) is 4.18. The second-order valence-electron chi connectivity index (χ2n) is 8.05. The highest BCUT2D eigenvalue weighted by Gasteiger charge is 2.29. The minimum atomic E-state index is -0.296. The summed E-state index contributed by atoms with van der Waals surface area (Å²) in [6.45, 7) is 1.29. The molecule has 0 saturated carbocycles. The SMILES string of the molecule is O=C(c1ccccc1O)N1CCN(C(=O)c2nn(-c3ccccc3)c(=O)c3ccccc23)CC1. The molecule has 0 bridgehead atoms. The van der Waals surface area contributed by atoms with Crippen molar-refractivity contribution in [2.45, 2.75) is 0 Å². The van der Waals surface area contributed by atoms with Crippen LogP contribution >= 0.6 is 0 Å². The third kappa shape index (κ3) is 3.79. The van der Waals surface area contributed by atoms with Crippen LogP contribution in [0.2, 0.25) is 0 Å². The number of piperazine rings is 1. The summed E-state index contributed by atoms with van der Waals surface area (Å²) < 4.78 is 1.26. The summed E-state index contributed by atoms with van der Waals surface area (Å²) in [6.07, 6.45) is 0. The molecule has 2 heterocycles. The van der Waals surface area contributed by atoms with E-state index < -0.39 is 0 Å². The van der Waals surface area contributed by atoms with E-state index in [0.717, 1.165) is 0 Å². The van der Waals surface area contributed by atoms with Crippen molar-refractivity contribution in [2.75, 3.05) is 26.2 Å². The quantitative estimate of drug-likeness (QED) is 0.514. The second kappa shape index (κ2) is 8.82. The van der Waals surface area contributed by atoms with Crippen LogP contribution in [-0.2, 0) is 0 Å². The molecule has 2 amide bonds. The van der Waals surface area contributed by atoms with Crippen molar-refractivity contribution in [1.82, 2.24) is 19.6 Å². The largest absolute Gasteiger partial charge is 0.507 e. The lowest BCUT2D eigenvalue weighted by molar-refractivity contribution is 0.0530. The molecule has 0 radical (unpaired) electrons. The highest BCUT2D eigenvalue weighted by molar-refractivity contribution is 6.05. The van der Waals surface area contributed by atoms with Crippen LogP contribution in [0.15, 0.2) is 83.7 Å². The third-order valence-electron chi connectivity index (χ3n) is 6.00. The average molecular weight is 454 g/mol. The molecule has 1 fully saturated rings. The average Bonchev–Trinajstić information content (AvgIpc) is 2.89. The number of phenolic OH excluding ortho intramolecular Hbond substituents is 1. The number of rotatable bonds is 3. The van der Waals surface area contributed by atoms with Crippen molar-refractivity contribution in [3.05, 3.63) is 100 Å². The number of carbonyl (C=O) groups excluding carboxylic acids is 2. The van der Waals surface area contributed by atoms with Crippen molar-refractivity contribution in [1.29, 1.82) is 0 Å². The molecule has 1 aliphatic heterocycles. The molecule has 1 aromatic heterocycles. The molecule has 34 heavy (non-hydrogen) atoms. The summed E-state index contributed by atoms with van der Waals surface area (Å²) >= 11 is 0. The zero-order chi connectivity index (χ0) is 23.7. The van der Waals surface area contributed by atoms with Crippen molar-refractivity contribution >= 4 is 22.6 Å². The van der Waals surface area contributed by atoms with Gasteiger partial charge in [0.25, 0.3) is 17.4 Å². The van der Waals surface area contributed by atoms with Gasteiger partial charge in [0, 0.05) is 31.6 Å². The molecule has 3 aromatic carbocycles. The van der Waals surface area contributed by atoms with E-state index in [9.17, 15) is 19.5 Å². The van der Waals surface area contributed by atoms with E-state index in [-0.39, 0.29) is 34.4 Å². The predicted octanol–water partition coefficient (Wildman–Crippen LogP) is 2.69. The van der Waals surface area contributed by atoms with Crippen molar-refractivity contribution in [2.24, 2.45) is 0 Å². The smallest absolute Gasteiger partial charge is 0.279 e. The first-order valence-corrected chi connectivity index (χ1v) is 11.0. The lowest BCUT2D eigenvalue weighted by Gasteiger charge is -2.34. The van der Waals surface area contributed by atoms with E-state index >= 15 is 0 Å². The Balaban J connectivity index is 1.43. The Kier molecular flexibility index (Phi) is 5.55. The van der Waals surface area contributed by atoms with Crippen LogP contribution in [-0.4, -0.2) is 62.7 Å². The molecular weight excluding hydrogens is 432 g/mol. The Morgan fingerprint density at radius 2 is 1.26 bits per heavy atom. The zero-order valence-corrected chi connectivity index (χ0v) is 18.3. The Morgan fingerprint density at radius 3 is 1.94 bits per heavy atom. The molecular formula is C26H22N4O4. The van der Waals surface area contributed by atoms with Gasteiger partial charge in [-0.25, -0.2) is 0 Å². The summed E-state index contributed by atoms with van der Waals surface area (Å²) in [5, 5.41) is 15.4. The predicted molar refractivity (Wildman–Crippen MR) is 127 cm³/mol. The van der Waals surface area contributed by atoms with Gasteiger partial charge in [-0.1, -0.05) is 48.5 Å². The van der Waals surface area contributed by atoms with E-state index in [4.69, 9.17) is 0 Å². The normalized spacial score (nSPS) is 13.8. The van der Waals surface area contributed by atoms with E-state index in [1.54, 1.807) is 76.5 Å². The maximum absolute atomic E-state index is 13.5. The van der Waals surface area contributed by atoms with Gasteiger partial charge in [0.05, 0.1) is 16.6 Å². The summed E-state index contributed by atoms with van der Waals surface area (Å²) in [5.74, 6) is -0.633. The Labute approximate surface area is 195 Å². The van der Waals surface area contributed by atoms with E-state index in [1.807, 2.05) is 6.07 Å². The Hall–Kier alpha value is -4.46. The zero-order valence-electron chi connectivity index (χ0n) is 18.3.